The number of aryl methyl sites for hydroxylation is 1. The fraction of sp³-hybridized carbons (Fsp3) is 0.130. The molecular weight excluding hydrogens is 354 g/mol. The molecule has 0 N–H and O–H groups in total. The van der Waals surface area contributed by atoms with Crippen LogP contribution in [0, 0.1) is 6.92 Å². The van der Waals surface area contributed by atoms with Gasteiger partial charge in [-0.15, -0.1) is 0 Å². The molecule has 0 unspecified atom stereocenters. The molecule has 5 heteroatoms. The van der Waals surface area contributed by atoms with Crippen molar-refractivity contribution in [3.8, 4) is 22.8 Å². The van der Waals surface area contributed by atoms with Crippen LogP contribution in [-0.4, -0.2) is 25.0 Å². The second kappa shape index (κ2) is 7.19. The predicted octanol–water partition coefficient (Wildman–Crippen LogP) is 5.05. The Morgan fingerprint density at radius 2 is 1.86 bits per heavy atom. The zero-order valence-corrected chi connectivity index (χ0v) is 15.9. The quantitative estimate of drug-likeness (QED) is 0.458. The minimum absolute atomic E-state index is 0.229. The number of benzene rings is 2. The molecule has 0 radical (unpaired) electrons. The highest BCUT2D eigenvalue weighted by Gasteiger charge is 2.23. The van der Waals surface area contributed by atoms with E-state index in [1.807, 2.05) is 43.3 Å². The summed E-state index contributed by atoms with van der Waals surface area (Å²) < 4.78 is 16.5. The predicted molar refractivity (Wildman–Crippen MR) is 107 cm³/mol. The molecule has 0 saturated heterocycles. The van der Waals surface area contributed by atoms with Gasteiger partial charge < -0.3 is 13.9 Å². The third-order valence-corrected chi connectivity index (χ3v) is 4.76. The Labute approximate surface area is 162 Å². The highest BCUT2D eigenvalue weighted by Crippen LogP contribution is 2.33. The van der Waals surface area contributed by atoms with Gasteiger partial charge in [-0.05, 0) is 37.3 Å². The van der Waals surface area contributed by atoms with Gasteiger partial charge in [-0.2, -0.15) is 0 Å². The molecule has 0 bridgehead atoms. The Kier molecular flexibility index (Phi) is 4.57. The molecule has 28 heavy (non-hydrogen) atoms. The van der Waals surface area contributed by atoms with E-state index in [1.165, 1.54) is 7.11 Å². The van der Waals surface area contributed by atoms with Gasteiger partial charge >= 0.3 is 0 Å². The molecular formula is C23H19NO4. The Bertz CT molecular complexity index is 1160. The molecule has 5 nitrogen and oxygen atoms in total. The van der Waals surface area contributed by atoms with E-state index in [2.05, 4.69) is 4.98 Å². The molecule has 0 aliphatic rings. The van der Waals surface area contributed by atoms with E-state index in [0.29, 0.717) is 28.4 Å². The van der Waals surface area contributed by atoms with Crippen LogP contribution in [0.25, 0.3) is 22.2 Å². The van der Waals surface area contributed by atoms with Crippen LogP contribution in [0.4, 0.5) is 0 Å². The van der Waals surface area contributed by atoms with Crippen molar-refractivity contribution in [2.24, 2.45) is 0 Å². The maximum atomic E-state index is 13.1. The van der Waals surface area contributed by atoms with Crippen LogP contribution in [0.2, 0.25) is 0 Å². The van der Waals surface area contributed by atoms with Gasteiger partial charge in [-0.3, -0.25) is 9.78 Å². The standard InChI is InChI=1S/C23H19NO4/c1-14-17-9-7-15(19-6-4-5-11-24-19)12-21(17)28-23(14)22(25)18-10-8-16(26-2)13-20(18)27-3/h4-13H,1-3H3. The zero-order valence-electron chi connectivity index (χ0n) is 15.9. The van der Waals surface area contributed by atoms with Crippen molar-refractivity contribution in [2.75, 3.05) is 14.2 Å². The van der Waals surface area contributed by atoms with Crippen LogP contribution in [0.15, 0.2) is 65.2 Å². The van der Waals surface area contributed by atoms with E-state index < -0.39 is 0 Å². The first-order chi connectivity index (χ1) is 13.6. The third-order valence-electron chi connectivity index (χ3n) is 4.76. The topological polar surface area (TPSA) is 61.6 Å². The number of ether oxygens (including phenoxy) is 2. The summed E-state index contributed by atoms with van der Waals surface area (Å²) in [4.78, 5) is 17.5. The smallest absolute Gasteiger partial charge is 0.232 e. The molecule has 2 aromatic carbocycles. The number of furan rings is 1. The fourth-order valence-corrected chi connectivity index (χ4v) is 3.24. The SMILES string of the molecule is COc1ccc(C(=O)c2oc3cc(-c4ccccn4)ccc3c2C)c(OC)c1. The van der Waals surface area contributed by atoms with E-state index in [1.54, 1.807) is 31.5 Å². The minimum atomic E-state index is -0.229. The van der Waals surface area contributed by atoms with Crippen molar-refractivity contribution in [3.05, 3.63) is 77.7 Å². The van der Waals surface area contributed by atoms with Gasteiger partial charge in [0.1, 0.15) is 17.1 Å². The number of carbonyl (C=O) groups excluding carboxylic acids is 1. The van der Waals surface area contributed by atoms with Crippen LogP contribution in [0.3, 0.4) is 0 Å². The Morgan fingerprint density at radius 1 is 1.00 bits per heavy atom. The van der Waals surface area contributed by atoms with E-state index in [-0.39, 0.29) is 5.78 Å². The van der Waals surface area contributed by atoms with Gasteiger partial charge in [0.25, 0.3) is 0 Å². The minimum Gasteiger partial charge on any atom is -0.497 e. The molecule has 0 amide bonds. The molecule has 0 atom stereocenters. The van der Waals surface area contributed by atoms with Crippen LogP contribution < -0.4 is 9.47 Å². The van der Waals surface area contributed by atoms with E-state index >= 15 is 0 Å². The van der Waals surface area contributed by atoms with Gasteiger partial charge in [0, 0.05) is 28.8 Å². The summed E-state index contributed by atoms with van der Waals surface area (Å²) in [7, 11) is 3.09. The first-order valence-corrected chi connectivity index (χ1v) is 8.83. The molecule has 4 aromatic rings. The van der Waals surface area contributed by atoms with Crippen molar-refractivity contribution in [3.63, 3.8) is 0 Å². The molecule has 0 aliphatic heterocycles. The number of aromatic nitrogens is 1. The van der Waals surface area contributed by atoms with Gasteiger partial charge in [-0.25, -0.2) is 0 Å². The van der Waals surface area contributed by atoms with Crippen LogP contribution >= 0.6 is 0 Å². The van der Waals surface area contributed by atoms with Gasteiger partial charge in [0.2, 0.25) is 5.78 Å². The first-order valence-electron chi connectivity index (χ1n) is 8.83. The van der Waals surface area contributed by atoms with Crippen molar-refractivity contribution in [2.45, 2.75) is 6.92 Å². The van der Waals surface area contributed by atoms with Gasteiger partial charge in [-0.1, -0.05) is 18.2 Å². The van der Waals surface area contributed by atoms with Gasteiger partial charge in [0.05, 0.1) is 25.5 Å². The summed E-state index contributed by atoms with van der Waals surface area (Å²) in [6.45, 7) is 1.88. The normalized spacial score (nSPS) is 10.8. The summed E-state index contributed by atoms with van der Waals surface area (Å²) in [6, 6.07) is 16.7. The number of hydrogen-bond acceptors (Lipinski definition) is 5. The average molecular weight is 373 g/mol. The van der Waals surface area contributed by atoms with Crippen LogP contribution in [-0.2, 0) is 0 Å². The number of methoxy groups -OCH3 is 2. The largest absolute Gasteiger partial charge is 0.497 e. The summed E-state index contributed by atoms with van der Waals surface area (Å²) in [5.74, 6) is 1.14. The third kappa shape index (κ3) is 3.01. The van der Waals surface area contributed by atoms with Crippen LogP contribution in [0.1, 0.15) is 21.7 Å². The van der Waals surface area contributed by atoms with E-state index in [9.17, 15) is 4.79 Å². The number of carbonyl (C=O) groups is 1. The van der Waals surface area contributed by atoms with Crippen molar-refractivity contribution in [1.82, 2.24) is 4.98 Å². The Hall–Kier alpha value is -3.60. The molecule has 0 aliphatic carbocycles. The summed E-state index contributed by atoms with van der Waals surface area (Å²) in [5.41, 5.74) is 3.66. The summed E-state index contributed by atoms with van der Waals surface area (Å²) in [5, 5.41) is 0.899. The lowest BCUT2D eigenvalue weighted by Crippen LogP contribution is -2.04. The summed E-state index contributed by atoms with van der Waals surface area (Å²) in [6.07, 6.45) is 1.75. The van der Waals surface area contributed by atoms with Crippen molar-refractivity contribution >= 4 is 16.8 Å². The molecule has 0 spiro atoms. The molecule has 0 fully saturated rings. The number of hydrogen-bond donors (Lipinski definition) is 0. The zero-order chi connectivity index (χ0) is 19.7. The maximum Gasteiger partial charge on any atom is 0.232 e. The molecule has 140 valence electrons. The van der Waals surface area contributed by atoms with E-state index in [4.69, 9.17) is 13.9 Å². The number of ketones is 1. The van der Waals surface area contributed by atoms with Crippen molar-refractivity contribution in [1.29, 1.82) is 0 Å². The van der Waals surface area contributed by atoms with Gasteiger partial charge in [0.15, 0.2) is 5.76 Å². The number of nitrogens with zero attached hydrogens (tertiary/aromatic N) is 1. The fourth-order valence-electron chi connectivity index (χ4n) is 3.24. The lowest BCUT2D eigenvalue weighted by atomic mass is 10.0. The Balaban J connectivity index is 1.79. The summed E-state index contributed by atoms with van der Waals surface area (Å²) >= 11 is 0. The highest BCUT2D eigenvalue weighted by atomic mass is 16.5. The maximum absolute atomic E-state index is 13.1. The first kappa shape index (κ1) is 17.8. The monoisotopic (exact) mass is 373 g/mol. The second-order valence-corrected chi connectivity index (χ2v) is 6.38. The van der Waals surface area contributed by atoms with Crippen molar-refractivity contribution < 1.29 is 18.7 Å². The number of rotatable bonds is 5. The average Bonchev–Trinajstić information content (AvgIpc) is 3.09. The van der Waals surface area contributed by atoms with Crippen LogP contribution in [0.5, 0.6) is 11.5 Å². The Morgan fingerprint density at radius 3 is 2.57 bits per heavy atom. The molecule has 4 rings (SSSR count). The lowest BCUT2D eigenvalue weighted by Gasteiger charge is -2.08. The molecule has 2 heterocycles. The molecule has 0 saturated carbocycles. The lowest BCUT2D eigenvalue weighted by molar-refractivity contribution is 0.101. The number of pyridine rings is 1. The second-order valence-electron chi connectivity index (χ2n) is 6.38. The highest BCUT2D eigenvalue weighted by molar-refractivity contribution is 6.12. The number of fused-ring (bicyclic) bond motifs is 1. The van der Waals surface area contributed by atoms with E-state index in [0.717, 1.165) is 22.2 Å². The molecule has 2 aromatic heterocycles.